The van der Waals surface area contributed by atoms with Crippen molar-refractivity contribution >= 4 is 11.0 Å². The molecule has 0 aliphatic carbocycles. The number of benzene rings is 1. The molecule has 0 spiro atoms. The molecule has 26 heavy (non-hydrogen) atoms. The molecule has 0 aliphatic rings. The van der Waals surface area contributed by atoms with Crippen LogP contribution in [0.25, 0.3) is 11.0 Å². The van der Waals surface area contributed by atoms with Crippen molar-refractivity contribution in [1.82, 2.24) is 19.7 Å². The second-order valence-corrected chi connectivity index (χ2v) is 6.12. The average molecular weight is 366 g/mol. The maximum Gasteiger partial charge on any atom is 0.573 e. The predicted octanol–water partition coefficient (Wildman–Crippen LogP) is 3.44. The molecular weight excluding hydrogens is 349 g/mol. The van der Waals surface area contributed by atoms with Gasteiger partial charge in [-0.05, 0) is 44.9 Å². The Hall–Kier alpha value is -2.84. The van der Waals surface area contributed by atoms with E-state index in [1.54, 1.807) is 30.7 Å². The third-order valence-corrected chi connectivity index (χ3v) is 3.96. The maximum absolute atomic E-state index is 12.2. The minimum Gasteiger partial charge on any atom is -0.406 e. The largest absolute Gasteiger partial charge is 0.573 e. The van der Waals surface area contributed by atoms with Crippen molar-refractivity contribution in [2.24, 2.45) is 0 Å². The molecule has 1 aromatic carbocycles. The number of fused-ring (bicyclic) bond motifs is 1. The molecule has 2 heterocycles. The van der Waals surface area contributed by atoms with Crippen LogP contribution in [-0.4, -0.2) is 26.1 Å². The summed E-state index contributed by atoms with van der Waals surface area (Å²) in [7, 11) is 0. The molecule has 1 unspecified atom stereocenters. The van der Waals surface area contributed by atoms with E-state index in [1.807, 2.05) is 6.92 Å². The molecular formula is C17H17F3N4O2. The summed E-state index contributed by atoms with van der Waals surface area (Å²) in [6, 6.07) is 5.54. The van der Waals surface area contributed by atoms with Crippen LogP contribution in [0.3, 0.4) is 0 Å². The lowest BCUT2D eigenvalue weighted by Gasteiger charge is -2.14. The second kappa shape index (κ2) is 6.47. The van der Waals surface area contributed by atoms with Gasteiger partial charge in [-0.2, -0.15) is 5.10 Å². The zero-order valence-electron chi connectivity index (χ0n) is 14.4. The molecule has 138 valence electrons. The molecule has 1 N–H and O–H groups in total. The lowest BCUT2D eigenvalue weighted by molar-refractivity contribution is -0.274. The first kappa shape index (κ1) is 18.0. The van der Waals surface area contributed by atoms with Crippen LogP contribution in [-0.2, 0) is 6.42 Å². The number of alkyl halides is 3. The number of hydrogen-bond acceptors (Lipinski definition) is 4. The molecule has 0 fully saturated rings. The second-order valence-electron chi connectivity index (χ2n) is 6.12. The van der Waals surface area contributed by atoms with E-state index in [-0.39, 0.29) is 17.4 Å². The summed E-state index contributed by atoms with van der Waals surface area (Å²) in [5.74, 6) is 0.225. The van der Waals surface area contributed by atoms with Crippen LogP contribution in [0.4, 0.5) is 13.2 Å². The molecule has 0 bridgehead atoms. The highest BCUT2D eigenvalue weighted by molar-refractivity contribution is 5.77. The molecule has 0 saturated carbocycles. The zero-order valence-corrected chi connectivity index (χ0v) is 14.4. The smallest absolute Gasteiger partial charge is 0.406 e. The molecule has 0 saturated heterocycles. The highest BCUT2D eigenvalue weighted by Gasteiger charge is 2.31. The third-order valence-electron chi connectivity index (χ3n) is 3.96. The summed E-state index contributed by atoms with van der Waals surface area (Å²) in [5.41, 5.74) is 1.65. The van der Waals surface area contributed by atoms with Gasteiger partial charge in [0, 0.05) is 0 Å². The Morgan fingerprint density at radius 2 is 1.88 bits per heavy atom. The fourth-order valence-electron chi connectivity index (χ4n) is 2.88. The molecule has 2 aromatic heterocycles. The van der Waals surface area contributed by atoms with Crippen molar-refractivity contribution in [3.63, 3.8) is 0 Å². The summed E-state index contributed by atoms with van der Waals surface area (Å²) in [6.07, 6.45) is -4.20. The highest BCUT2D eigenvalue weighted by Crippen LogP contribution is 2.25. The van der Waals surface area contributed by atoms with Gasteiger partial charge in [-0.15, -0.1) is 13.2 Å². The first-order valence-electron chi connectivity index (χ1n) is 7.94. The number of aromatic nitrogens is 4. The predicted molar refractivity (Wildman–Crippen MR) is 89.2 cm³/mol. The molecule has 0 aliphatic heterocycles. The number of aromatic amines is 1. The average Bonchev–Trinajstić information content (AvgIpc) is 2.85. The van der Waals surface area contributed by atoms with Crippen molar-refractivity contribution in [2.45, 2.75) is 39.6 Å². The quantitative estimate of drug-likeness (QED) is 0.768. The van der Waals surface area contributed by atoms with Gasteiger partial charge in [0.2, 0.25) is 0 Å². The molecule has 3 rings (SSSR count). The van der Waals surface area contributed by atoms with E-state index >= 15 is 0 Å². The summed E-state index contributed by atoms with van der Waals surface area (Å²) in [5, 5.41) is 4.86. The van der Waals surface area contributed by atoms with Crippen molar-refractivity contribution in [2.75, 3.05) is 0 Å². The number of nitrogens with zero attached hydrogens (tertiary/aromatic N) is 3. The van der Waals surface area contributed by atoms with Crippen LogP contribution in [0.2, 0.25) is 0 Å². The van der Waals surface area contributed by atoms with Crippen LogP contribution in [0.5, 0.6) is 5.75 Å². The Kier molecular flexibility index (Phi) is 4.47. The monoisotopic (exact) mass is 366 g/mol. The van der Waals surface area contributed by atoms with Gasteiger partial charge in [0.05, 0.1) is 11.7 Å². The third kappa shape index (κ3) is 3.71. The van der Waals surface area contributed by atoms with Crippen molar-refractivity contribution < 1.29 is 17.9 Å². The molecule has 0 radical (unpaired) electrons. The van der Waals surface area contributed by atoms with Crippen molar-refractivity contribution in [1.29, 1.82) is 0 Å². The number of aryl methyl sites for hydroxylation is 2. The van der Waals surface area contributed by atoms with Crippen LogP contribution in [0, 0.1) is 13.8 Å². The summed E-state index contributed by atoms with van der Waals surface area (Å²) >= 11 is 0. The molecule has 1 atom stereocenters. The number of ether oxygens (including phenoxy) is 1. The van der Waals surface area contributed by atoms with Gasteiger partial charge < -0.3 is 9.72 Å². The van der Waals surface area contributed by atoms with Crippen LogP contribution in [0.15, 0.2) is 29.1 Å². The number of hydrogen-bond donors (Lipinski definition) is 1. The lowest BCUT2D eigenvalue weighted by atomic mass is 10.1. The van der Waals surface area contributed by atoms with Crippen LogP contribution in [0.1, 0.15) is 30.0 Å². The van der Waals surface area contributed by atoms with E-state index in [0.717, 1.165) is 5.56 Å². The standard InChI is InChI=1S/C17H17F3N4O2/c1-9(8-12-4-6-13(7-5-12)26-17(18,19)20)24-15-14(10(2)23-24)16(25)22-11(3)21-15/h4-7,9H,8H2,1-3H3,(H,21,22,25). The fraction of sp³-hybridized carbons (Fsp3) is 0.353. The van der Waals surface area contributed by atoms with Crippen molar-refractivity contribution in [3.8, 4) is 5.75 Å². The first-order valence-corrected chi connectivity index (χ1v) is 7.94. The topological polar surface area (TPSA) is 72.8 Å². The van der Waals surface area contributed by atoms with E-state index in [9.17, 15) is 18.0 Å². The van der Waals surface area contributed by atoms with Crippen LogP contribution < -0.4 is 10.3 Å². The van der Waals surface area contributed by atoms with Gasteiger partial charge >= 0.3 is 6.36 Å². The fourth-order valence-corrected chi connectivity index (χ4v) is 2.88. The number of halogens is 3. The van der Waals surface area contributed by atoms with E-state index in [4.69, 9.17) is 0 Å². The van der Waals surface area contributed by atoms with Gasteiger partial charge in [0.15, 0.2) is 5.65 Å². The minimum absolute atomic E-state index is 0.144. The minimum atomic E-state index is -4.71. The normalized spacial score (nSPS) is 13.2. The van der Waals surface area contributed by atoms with E-state index in [1.165, 1.54) is 12.1 Å². The van der Waals surface area contributed by atoms with E-state index in [2.05, 4.69) is 19.8 Å². The molecule has 3 aromatic rings. The van der Waals surface area contributed by atoms with E-state index in [0.29, 0.717) is 29.0 Å². The van der Waals surface area contributed by atoms with Gasteiger partial charge in [-0.25, -0.2) is 9.67 Å². The maximum atomic E-state index is 12.2. The summed E-state index contributed by atoms with van der Waals surface area (Å²) in [4.78, 5) is 19.1. The Bertz CT molecular complexity index is 990. The highest BCUT2D eigenvalue weighted by atomic mass is 19.4. The van der Waals surface area contributed by atoms with Crippen molar-refractivity contribution in [3.05, 3.63) is 51.7 Å². The number of rotatable bonds is 4. The Labute approximate surface area is 146 Å². The van der Waals surface area contributed by atoms with E-state index < -0.39 is 6.36 Å². The van der Waals surface area contributed by atoms with Gasteiger partial charge in [-0.1, -0.05) is 12.1 Å². The molecule has 9 heteroatoms. The Morgan fingerprint density at radius 1 is 1.23 bits per heavy atom. The van der Waals surface area contributed by atoms with Gasteiger partial charge in [0.25, 0.3) is 5.56 Å². The SMILES string of the molecule is Cc1nc2c(c(C)nn2C(C)Cc2ccc(OC(F)(F)F)cc2)c(=O)[nH]1. The lowest BCUT2D eigenvalue weighted by Crippen LogP contribution is -2.17. The Balaban J connectivity index is 1.86. The first-order chi connectivity index (χ1) is 12.1. The summed E-state index contributed by atoms with van der Waals surface area (Å²) < 4.78 is 42.2. The van der Waals surface area contributed by atoms with Crippen LogP contribution >= 0.6 is 0 Å². The number of H-pyrrole nitrogens is 1. The van der Waals surface area contributed by atoms with Gasteiger partial charge in [0.1, 0.15) is 17.0 Å². The molecule has 6 nitrogen and oxygen atoms in total. The Morgan fingerprint density at radius 3 is 2.50 bits per heavy atom. The number of nitrogens with one attached hydrogen (secondary N) is 1. The molecule has 0 amide bonds. The summed E-state index contributed by atoms with van der Waals surface area (Å²) in [6.45, 7) is 5.34. The zero-order chi connectivity index (χ0) is 19.1. The van der Waals surface area contributed by atoms with Gasteiger partial charge in [-0.3, -0.25) is 4.79 Å².